The Morgan fingerprint density at radius 1 is 1.41 bits per heavy atom. The van der Waals surface area contributed by atoms with Crippen LogP contribution in [0.3, 0.4) is 0 Å². The molecule has 0 saturated heterocycles. The molecule has 0 bridgehead atoms. The third-order valence-electron chi connectivity index (χ3n) is 2.55. The van der Waals surface area contributed by atoms with Gasteiger partial charge in [-0.3, -0.25) is 0 Å². The molecule has 1 unspecified atom stereocenters. The lowest BCUT2D eigenvalue weighted by Crippen LogP contribution is -2.22. The summed E-state index contributed by atoms with van der Waals surface area (Å²) in [4.78, 5) is 0. The van der Waals surface area contributed by atoms with Gasteiger partial charge in [0.2, 0.25) is 0 Å². The SMILES string of the molecule is CCCOCC(NC)c1ccc(Br)cc1OC. The number of ether oxygens (including phenoxy) is 2. The molecule has 0 spiro atoms. The number of halogens is 1. The van der Waals surface area contributed by atoms with E-state index in [-0.39, 0.29) is 6.04 Å². The van der Waals surface area contributed by atoms with Gasteiger partial charge in [-0.25, -0.2) is 0 Å². The summed E-state index contributed by atoms with van der Waals surface area (Å²) in [5, 5.41) is 3.25. The van der Waals surface area contributed by atoms with Gasteiger partial charge in [-0.1, -0.05) is 28.9 Å². The van der Waals surface area contributed by atoms with Crippen LogP contribution in [0.4, 0.5) is 0 Å². The quantitative estimate of drug-likeness (QED) is 0.785. The fraction of sp³-hybridized carbons (Fsp3) is 0.538. The van der Waals surface area contributed by atoms with E-state index in [0.29, 0.717) is 6.61 Å². The molecule has 0 aliphatic rings. The summed E-state index contributed by atoms with van der Waals surface area (Å²) in [6, 6.07) is 6.20. The average Bonchev–Trinajstić information content (AvgIpc) is 2.35. The van der Waals surface area contributed by atoms with Gasteiger partial charge >= 0.3 is 0 Å². The molecule has 0 aromatic heterocycles. The van der Waals surface area contributed by atoms with Crippen molar-refractivity contribution in [2.75, 3.05) is 27.4 Å². The Labute approximate surface area is 112 Å². The van der Waals surface area contributed by atoms with E-state index in [9.17, 15) is 0 Å². The molecule has 1 aromatic carbocycles. The standard InChI is InChI=1S/C13H20BrNO2/c1-4-7-17-9-12(15-2)11-6-5-10(14)8-13(11)16-3/h5-6,8,12,15H,4,7,9H2,1-3H3. The number of likely N-dealkylation sites (N-methyl/N-ethyl adjacent to an activating group) is 1. The van der Waals surface area contributed by atoms with Gasteiger partial charge in [0.15, 0.2) is 0 Å². The van der Waals surface area contributed by atoms with E-state index in [2.05, 4.69) is 34.2 Å². The zero-order chi connectivity index (χ0) is 12.7. The summed E-state index contributed by atoms with van der Waals surface area (Å²) in [5.74, 6) is 0.874. The van der Waals surface area contributed by atoms with Crippen LogP contribution in [0.1, 0.15) is 24.9 Å². The highest BCUT2D eigenvalue weighted by Gasteiger charge is 2.14. The molecule has 0 heterocycles. The van der Waals surface area contributed by atoms with Crippen LogP contribution in [0, 0.1) is 0 Å². The fourth-order valence-electron chi connectivity index (χ4n) is 1.65. The number of hydrogen-bond acceptors (Lipinski definition) is 3. The Balaban J connectivity index is 2.79. The van der Waals surface area contributed by atoms with E-state index in [1.165, 1.54) is 0 Å². The number of hydrogen-bond donors (Lipinski definition) is 1. The van der Waals surface area contributed by atoms with Gasteiger partial charge in [-0.15, -0.1) is 0 Å². The van der Waals surface area contributed by atoms with Crippen LogP contribution >= 0.6 is 15.9 Å². The molecule has 4 heteroatoms. The van der Waals surface area contributed by atoms with Crippen LogP contribution in [0.2, 0.25) is 0 Å². The molecule has 3 nitrogen and oxygen atoms in total. The lowest BCUT2D eigenvalue weighted by Gasteiger charge is -2.19. The molecule has 1 aromatic rings. The Hall–Kier alpha value is -0.580. The first-order valence-electron chi connectivity index (χ1n) is 5.81. The number of rotatable bonds is 7. The minimum absolute atomic E-state index is 0.157. The molecule has 1 atom stereocenters. The molecular formula is C13H20BrNO2. The Kier molecular flexibility index (Phi) is 6.55. The normalized spacial score (nSPS) is 12.5. The smallest absolute Gasteiger partial charge is 0.124 e. The molecule has 96 valence electrons. The molecule has 17 heavy (non-hydrogen) atoms. The molecule has 0 fully saturated rings. The van der Waals surface area contributed by atoms with Crippen LogP contribution in [0.25, 0.3) is 0 Å². The summed E-state index contributed by atoms with van der Waals surface area (Å²) in [7, 11) is 3.62. The average molecular weight is 302 g/mol. The molecule has 0 saturated carbocycles. The summed E-state index contributed by atoms with van der Waals surface area (Å²) in [5.41, 5.74) is 1.12. The molecule has 0 amide bonds. The van der Waals surface area contributed by atoms with E-state index in [1.807, 2.05) is 19.2 Å². The summed E-state index contributed by atoms with van der Waals surface area (Å²) in [6.07, 6.45) is 1.04. The van der Waals surface area contributed by atoms with Crippen molar-refractivity contribution in [3.05, 3.63) is 28.2 Å². The van der Waals surface area contributed by atoms with E-state index in [1.54, 1.807) is 7.11 Å². The van der Waals surface area contributed by atoms with Crippen molar-refractivity contribution in [3.63, 3.8) is 0 Å². The summed E-state index contributed by atoms with van der Waals surface area (Å²) < 4.78 is 12.0. The van der Waals surface area contributed by atoms with E-state index in [4.69, 9.17) is 9.47 Å². The Morgan fingerprint density at radius 3 is 2.76 bits per heavy atom. The maximum absolute atomic E-state index is 5.59. The predicted octanol–water partition coefficient (Wildman–Crippen LogP) is 3.14. The fourth-order valence-corrected chi connectivity index (χ4v) is 1.99. The van der Waals surface area contributed by atoms with Crippen molar-refractivity contribution in [1.82, 2.24) is 5.32 Å². The highest BCUT2D eigenvalue weighted by Crippen LogP contribution is 2.28. The van der Waals surface area contributed by atoms with Gasteiger partial charge in [0, 0.05) is 16.6 Å². The second-order valence-corrected chi connectivity index (χ2v) is 4.72. The Morgan fingerprint density at radius 2 is 2.18 bits per heavy atom. The predicted molar refractivity (Wildman–Crippen MR) is 73.6 cm³/mol. The first-order chi connectivity index (χ1) is 8.22. The minimum atomic E-state index is 0.157. The van der Waals surface area contributed by atoms with Gasteiger partial charge in [0.1, 0.15) is 5.75 Å². The summed E-state index contributed by atoms with van der Waals surface area (Å²) in [6.45, 7) is 3.55. The first kappa shape index (κ1) is 14.5. The Bertz CT molecular complexity index is 344. The van der Waals surface area contributed by atoms with Crippen LogP contribution in [0.15, 0.2) is 22.7 Å². The van der Waals surface area contributed by atoms with Gasteiger partial charge in [-0.2, -0.15) is 0 Å². The zero-order valence-electron chi connectivity index (χ0n) is 10.6. The van der Waals surface area contributed by atoms with Crippen molar-refractivity contribution in [1.29, 1.82) is 0 Å². The van der Waals surface area contributed by atoms with Gasteiger partial charge in [0.05, 0.1) is 19.8 Å². The first-order valence-corrected chi connectivity index (χ1v) is 6.60. The second-order valence-electron chi connectivity index (χ2n) is 3.80. The van der Waals surface area contributed by atoms with Crippen LogP contribution in [-0.4, -0.2) is 27.4 Å². The molecule has 0 aliphatic heterocycles. The number of nitrogens with one attached hydrogen (secondary N) is 1. The van der Waals surface area contributed by atoms with E-state index >= 15 is 0 Å². The monoisotopic (exact) mass is 301 g/mol. The molecule has 1 rings (SSSR count). The van der Waals surface area contributed by atoms with E-state index < -0.39 is 0 Å². The van der Waals surface area contributed by atoms with Crippen LogP contribution in [0.5, 0.6) is 5.75 Å². The van der Waals surface area contributed by atoms with Crippen LogP contribution < -0.4 is 10.1 Å². The van der Waals surface area contributed by atoms with Crippen molar-refractivity contribution < 1.29 is 9.47 Å². The maximum atomic E-state index is 5.59. The molecule has 1 N–H and O–H groups in total. The number of methoxy groups -OCH3 is 1. The topological polar surface area (TPSA) is 30.5 Å². The maximum Gasteiger partial charge on any atom is 0.124 e. The molecular weight excluding hydrogens is 282 g/mol. The minimum Gasteiger partial charge on any atom is -0.496 e. The van der Waals surface area contributed by atoms with Gasteiger partial charge in [-0.05, 0) is 25.6 Å². The second kappa shape index (κ2) is 7.69. The van der Waals surface area contributed by atoms with Gasteiger partial charge in [0.25, 0.3) is 0 Å². The largest absolute Gasteiger partial charge is 0.496 e. The third-order valence-corrected chi connectivity index (χ3v) is 3.05. The molecule has 0 aliphatic carbocycles. The van der Waals surface area contributed by atoms with Crippen LogP contribution in [-0.2, 0) is 4.74 Å². The van der Waals surface area contributed by atoms with Crippen molar-refractivity contribution in [3.8, 4) is 5.75 Å². The lowest BCUT2D eigenvalue weighted by atomic mass is 10.1. The highest BCUT2D eigenvalue weighted by atomic mass is 79.9. The zero-order valence-corrected chi connectivity index (χ0v) is 12.2. The van der Waals surface area contributed by atoms with Gasteiger partial charge < -0.3 is 14.8 Å². The molecule has 0 radical (unpaired) electrons. The van der Waals surface area contributed by atoms with Crippen molar-refractivity contribution >= 4 is 15.9 Å². The number of benzene rings is 1. The third kappa shape index (κ3) is 4.30. The van der Waals surface area contributed by atoms with E-state index in [0.717, 1.165) is 28.8 Å². The highest BCUT2D eigenvalue weighted by molar-refractivity contribution is 9.10. The van der Waals surface area contributed by atoms with Crippen molar-refractivity contribution in [2.45, 2.75) is 19.4 Å². The summed E-state index contributed by atoms with van der Waals surface area (Å²) >= 11 is 3.44. The lowest BCUT2D eigenvalue weighted by molar-refractivity contribution is 0.113. The van der Waals surface area contributed by atoms with Crippen molar-refractivity contribution in [2.24, 2.45) is 0 Å².